The van der Waals surface area contributed by atoms with E-state index in [9.17, 15) is 12.8 Å². The maximum atomic E-state index is 13.7. The van der Waals surface area contributed by atoms with Crippen molar-refractivity contribution in [2.75, 3.05) is 5.32 Å². The molecular weight excluding hydrogens is 291 g/mol. The van der Waals surface area contributed by atoms with Gasteiger partial charge >= 0.3 is 0 Å². The molecule has 0 saturated carbocycles. The molecule has 1 atom stereocenters. The number of nitrogens with two attached hydrogens (primary N) is 1. The van der Waals surface area contributed by atoms with Gasteiger partial charge in [-0.2, -0.15) is 0 Å². The van der Waals surface area contributed by atoms with Crippen LogP contribution in [0, 0.1) is 5.82 Å². The maximum Gasteiger partial charge on any atom is 0.213 e. The van der Waals surface area contributed by atoms with E-state index in [0.29, 0.717) is 11.1 Å². The van der Waals surface area contributed by atoms with Gasteiger partial charge in [-0.15, -0.1) is 0 Å². The third-order valence-electron chi connectivity index (χ3n) is 3.08. The van der Waals surface area contributed by atoms with Crippen molar-refractivity contribution in [1.29, 1.82) is 0 Å². The minimum Gasteiger partial charge on any atom is -0.378 e. The molecule has 4 nitrogen and oxygen atoms in total. The normalized spacial score (nSPS) is 12.9. The molecule has 6 heteroatoms. The summed E-state index contributed by atoms with van der Waals surface area (Å²) in [5, 5.41) is 8.16. The van der Waals surface area contributed by atoms with E-state index in [1.54, 1.807) is 42.5 Å². The number of hydrogen-bond donors (Lipinski definition) is 2. The zero-order valence-corrected chi connectivity index (χ0v) is 12.4. The number of halogens is 1. The molecule has 2 aromatic rings. The Hall–Kier alpha value is -1.92. The zero-order chi connectivity index (χ0) is 15.5. The molecule has 0 aliphatic rings. The fourth-order valence-electron chi connectivity index (χ4n) is 2.08. The Balaban J connectivity index is 2.08. The van der Waals surface area contributed by atoms with E-state index in [4.69, 9.17) is 5.14 Å². The second-order valence-corrected chi connectivity index (χ2v) is 6.51. The van der Waals surface area contributed by atoms with Crippen LogP contribution in [0.4, 0.5) is 10.1 Å². The Bertz CT molecular complexity index is 715. The lowest BCUT2D eigenvalue weighted by Crippen LogP contribution is -2.14. The van der Waals surface area contributed by atoms with Crippen molar-refractivity contribution in [3.8, 4) is 0 Å². The predicted molar refractivity (Wildman–Crippen MR) is 81.7 cm³/mol. The molecule has 112 valence electrons. The van der Waals surface area contributed by atoms with Crippen LogP contribution in [-0.4, -0.2) is 8.42 Å². The van der Waals surface area contributed by atoms with Crippen LogP contribution in [0.15, 0.2) is 48.5 Å². The highest BCUT2D eigenvalue weighted by Crippen LogP contribution is 2.22. The van der Waals surface area contributed by atoms with Crippen molar-refractivity contribution >= 4 is 15.7 Å². The molecule has 1 unspecified atom stereocenters. The Morgan fingerprint density at radius 1 is 1.14 bits per heavy atom. The molecule has 0 heterocycles. The smallest absolute Gasteiger partial charge is 0.213 e. The Labute approximate surface area is 123 Å². The topological polar surface area (TPSA) is 72.2 Å². The van der Waals surface area contributed by atoms with Crippen LogP contribution in [0.5, 0.6) is 0 Å². The fourth-order valence-corrected chi connectivity index (χ4v) is 2.74. The quantitative estimate of drug-likeness (QED) is 0.892. The Kier molecular flexibility index (Phi) is 4.59. The standard InChI is InChI=1S/C15H17FN2O2S/c1-11(14-4-2-3-5-15(14)16)18-13-8-6-12(7-9-13)10-21(17,19)20/h2-9,11,18H,10H2,1H3,(H2,17,19,20). The van der Waals surface area contributed by atoms with Gasteiger partial charge in [0.25, 0.3) is 0 Å². The van der Waals surface area contributed by atoms with Crippen molar-refractivity contribution < 1.29 is 12.8 Å². The van der Waals surface area contributed by atoms with Crippen molar-refractivity contribution in [2.24, 2.45) is 5.14 Å². The average Bonchev–Trinajstić information content (AvgIpc) is 2.40. The molecule has 0 aromatic heterocycles. The average molecular weight is 308 g/mol. The zero-order valence-electron chi connectivity index (χ0n) is 11.6. The van der Waals surface area contributed by atoms with E-state index >= 15 is 0 Å². The summed E-state index contributed by atoms with van der Waals surface area (Å²) in [6.07, 6.45) is 0. The highest BCUT2D eigenvalue weighted by Gasteiger charge is 2.10. The largest absolute Gasteiger partial charge is 0.378 e. The monoisotopic (exact) mass is 308 g/mol. The molecule has 0 bridgehead atoms. The van der Waals surface area contributed by atoms with Crippen molar-refractivity contribution in [2.45, 2.75) is 18.7 Å². The molecular formula is C15H17FN2O2S. The van der Waals surface area contributed by atoms with E-state index in [1.807, 2.05) is 6.92 Å². The third-order valence-corrected chi connectivity index (χ3v) is 3.81. The van der Waals surface area contributed by atoms with E-state index in [1.165, 1.54) is 6.07 Å². The van der Waals surface area contributed by atoms with E-state index in [2.05, 4.69) is 5.32 Å². The number of primary sulfonamides is 1. The molecule has 21 heavy (non-hydrogen) atoms. The summed E-state index contributed by atoms with van der Waals surface area (Å²) in [5.74, 6) is -0.459. The van der Waals surface area contributed by atoms with E-state index in [-0.39, 0.29) is 17.6 Å². The second-order valence-electron chi connectivity index (χ2n) is 4.89. The van der Waals surface area contributed by atoms with Gasteiger partial charge in [-0.3, -0.25) is 0 Å². The fraction of sp³-hybridized carbons (Fsp3) is 0.200. The first-order chi connectivity index (χ1) is 9.85. The van der Waals surface area contributed by atoms with Gasteiger partial charge < -0.3 is 5.32 Å². The summed E-state index contributed by atoms with van der Waals surface area (Å²) in [5.41, 5.74) is 1.97. The highest BCUT2D eigenvalue weighted by atomic mass is 32.2. The minimum atomic E-state index is -3.53. The van der Waals surface area contributed by atoms with Crippen molar-refractivity contribution in [3.05, 3.63) is 65.5 Å². The van der Waals surface area contributed by atoms with Crippen molar-refractivity contribution in [1.82, 2.24) is 0 Å². The maximum absolute atomic E-state index is 13.7. The van der Waals surface area contributed by atoms with E-state index < -0.39 is 10.0 Å². The van der Waals surface area contributed by atoms with Crippen LogP contribution >= 0.6 is 0 Å². The van der Waals surface area contributed by atoms with Gasteiger partial charge in [-0.25, -0.2) is 17.9 Å². The van der Waals surface area contributed by atoms with Crippen LogP contribution in [0.1, 0.15) is 24.1 Å². The summed E-state index contributed by atoms with van der Waals surface area (Å²) in [7, 11) is -3.53. The molecule has 2 aromatic carbocycles. The summed E-state index contributed by atoms with van der Waals surface area (Å²) in [6, 6.07) is 13.2. The second kappa shape index (κ2) is 6.24. The number of rotatable bonds is 5. The number of hydrogen-bond acceptors (Lipinski definition) is 3. The van der Waals surface area contributed by atoms with Gasteiger partial charge in [0, 0.05) is 11.3 Å². The molecule has 0 aliphatic heterocycles. The first-order valence-electron chi connectivity index (χ1n) is 6.45. The number of benzene rings is 2. The highest BCUT2D eigenvalue weighted by molar-refractivity contribution is 7.88. The van der Waals surface area contributed by atoms with Crippen LogP contribution in [0.25, 0.3) is 0 Å². The Morgan fingerprint density at radius 2 is 1.76 bits per heavy atom. The molecule has 0 aliphatic carbocycles. The lowest BCUT2D eigenvalue weighted by Gasteiger charge is -2.16. The summed E-state index contributed by atoms with van der Waals surface area (Å²) in [4.78, 5) is 0. The summed E-state index contributed by atoms with van der Waals surface area (Å²) >= 11 is 0. The number of anilines is 1. The van der Waals surface area contributed by atoms with Crippen molar-refractivity contribution in [3.63, 3.8) is 0 Å². The van der Waals surface area contributed by atoms with Crippen LogP contribution in [-0.2, 0) is 15.8 Å². The Morgan fingerprint density at radius 3 is 2.33 bits per heavy atom. The molecule has 0 spiro atoms. The lowest BCUT2D eigenvalue weighted by molar-refractivity contribution is 0.596. The predicted octanol–water partition coefficient (Wildman–Crippen LogP) is 2.79. The molecule has 3 N–H and O–H groups in total. The third kappa shape index (κ3) is 4.54. The number of sulfonamides is 1. The van der Waals surface area contributed by atoms with Crippen LogP contribution in [0.3, 0.4) is 0 Å². The minimum absolute atomic E-state index is 0.198. The first kappa shape index (κ1) is 15.5. The van der Waals surface area contributed by atoms with Gasteiger partial charge in [-0.05, 0) is 30.7 Å². The first-order valence-corrected chi connectivity index (χ1v) is 8.17. The number of nitrogens with one attached hydrogen (secondary N) is 1. The van der Waals surface area contributed by atoms with Crippen LogP contribution in [0.2, 0.25) is 0 Å². The van der Waals surface area contributed by atoms with Gasteiger partial charge in [0.05, 0.1) is 11.8 Å². The molecule has 0 amide bonds. The molecule has 0 radical (unpaired) electrons. The lowest BCUT2D eigenvalue weighted by atomic mass is 10.1. The van der Waals surface area contributed by atoms with Crippen LogP contribution < -0.4 is 10.5 Å². The SMILES string of the molecule is CC(Nc1ccc(CS(N)(=O)=O)cc1)c1ccccc1F. The van der Waals surface area contributed by atoms with Gasteiger partial charge in [-0.1, -0.05) is 30.3 Å². The van der Waals surface area contributed by atoms with Gasteiger partial charge in [0.1, 0.15) is 5.82 Å². The summed E-state index contributed by atoms with van der Waals surface area (Å²) in [6.45, 7) is 1.86. The molecule has 0 saturated heterocycles. The molecule has 2 rings (SSSR count). The van der Waals surface area contributed by atoms with E-state index in [0.717, 1.165) is 5.69 Å². The van der Waals surface area contributed by atoms with Gasteiger partial charge in [0.15, 0.2) is 0 Å². The summed E-state index contributed by atoms with van der Waals surface area (Å²) < 4.78 is 35.7. The molecule has 0 fully saturated rings. The van der Waals surface area contributed by atoms with Gasteiger partial charge in [0.2, 0.25) is 10.0 Å².